The lowest BCUT2D eigenvalue weighted by atomic mass is 10.2. The fourth-order valence-corrected chi connectivity index (χ4v) is 3.46. The first-order valence-electron chi connectivity index (χ1n) is 6.85. The van der Waals surface area contributed by atoms with E-state index in [0.29, 0.717) is 22.6 Å². The van der Waals surface area contributed by atoms with Crippen LogP contribution in [-0.2, 0) is 10.0 Å². The molecule has 3 rings (SSSR count). The number of aromatic nitrogens is 4. The quantitative estimate of drug-likeness (QED) is 0.793. The van der Waals surface area contributed by atoms with Gasteiger partial charge in [-0.15, -0.1) is 15.9 Å². The molecule has 0 atom stereocenters. The van der Waals surface area contributed by atoms with Crippen molar-refractivity contribution in [1.82, 2.24) is 20.6 Å². The van der Waals surface area contributed by atoms with Crippen LogP contribution in [0.2, 0.25) is 0 Å². The van der Waals surface area contributed by atoms with Gasteiger partial charge >= 0.3 is 0 Å². The van der Waals surface area contributed by atoms with E-state index in [0.717, 1.165) is 5.56 Å². The minimum Gasteiger partial charge on any atom is -0.573 e. The summed E-state index contributed by atoms with van der Waals surface area (Å²) in [6, 6.07) is 11.8. The van der Waals surface area contributed by atoms with Gasteiger partial charge in [0.1, 0.15) is 10.0 Å². The lowest BCUT2D eigenvalue weighted by Crippen LogP contribution is -2.00. The van der Waals surface area contributed by atoms with Gasteiger partial charge in [0.25, 0.3) is 0 Å². The van der Waals surface area contributed by atoms with Crippen molar-refractivity contribution in [2.75, 3.05) is 0 Å². The number of H-pyrrole nitrogens is 1. The Morgan fingerprint density at radius 2 is 1.91 bits per heavy atom. The van der Waals surface area contributed by atoms with Crippen LogP contribution in [0, 0.1) is 13.8 Å². The molecule has 3 aromatic rings. The molecule has 0 spiro atoms. The van der Waals surface area contributed by atoms with Crippen molar-refractivity contribution < 1.29 is 8.42 Å². The van der Waals surface area contributed by atoms with E-state index in [-0.39, 0.29) is 4.90 Å². The minimum atomic E-state index is -3.79. The summed E-state index contributed by atoms with van der Waals surface area (Å²) in [5.74, 6) is 0.381. The molecule has 1 N–H and O–H groups in total. The SMILES string of the molecule is Cc1ccc(S(=O)(=O)[N-]c2cccc(-c3nn[nH]n3)c2)c(C)c1. The zero-order chi connectivity index (χ0) is 16.4. The number of hydrogen-bond acceptors (Lipinski definition) is 5. The third kappa shape index (κ3) is 3.21. The molecule has 0 unspecified atom stereocenters. The van der Waals surface area contributed by atoms with Crippen LogP contribution in [0.5, 0.6) is 0 Å². The van der Waals surface area contributed by atoms with Gasteiger partial charge < -0.3 is 4.72 Å². The molecule has 1 heterocycles. The molecule has 0 saturated carbocycles. The normalized spacial score (nSPS) is 11.4. The predicted molar refractivity (Wildman–Crippen MR) is 85.7 cm³/mol. The molecule has 7 nitrogen and oxygen atoms in total. The molecular formula is C15H14N5O2S-. The number of tetrazole rings is 1. The van der Waals surface area contributed by atoms with Crippen LogP contribution in [0.15, 0.2) is 47.4 Å². The second-order valence-corrected chi connectivity index (χ2v) is 6.69. The Morgan fingerprint density at radius 1 is 1.09 bits per heavy atom. The van der Waals surface area contributed by atoms with Crippen molar-refractivity contribution in [1.29, 1.82) is 0 Å². The van der Waals surface area contributed by atoms with Crippen LogP contribution < -0.4 is 0 Å². The first kappa shape index (κ1) is 15.2. The van der Waals surface area contributed by atoms with Gasteiger partial charge in [-0.1, -0.05) is 42.0 Å². The molecule has 0 fully saturated rings. The van der Waals surface area contributed by atoms with Crippen molar-refractivity contribution in [3.63, 3.8) is 0 Å². The van der Waals surface area contributed by atoms with Crippen molar-refractivity contribution in [2.24, 2.45) is 0 Å². The number of hydrogen-bond donors (Lipinski definition) is 1. The standard InChI is InChI=1S/C15H14N5O2S/c1-10-6-7-14(11(2)8-10)23(21,22)18-13-5-3-4-12(9-13)15-16-19-20-17-15/h3-9H,1-2H3,(H,16,17,19,20)/q-1. The highest BCUT2D eigenvalue weighted by atomic mass is 32.2. The second kappa shape index (κ2) is 5.81. The fourth-order valence-electron chi connectivity index (χ4n) is 2.26. The van der Waals surface area contributed by atoms with Crippen LogP contribution in [0.1, 0.15) is 11.1 Å². The van der Waals surface area contributed by atoms with E-state index in [2.05, 4.69) is 25.3 Å². The number of rotatable bonds is 4. The topological polar surface area (TPSA) is 103 Å². The summed E-state index contributed by atoms with van der Waals surface area (Å²) in [5.41, 5.74) is 2.62. The van der Waals surface area contributed by atoms with Gasteiger partial charge in [0.2, 0.25) is 5.82 Å². The molecule has 23 heavy (non-hydrogen) atoms. The van der Waals surface area contributed by atoms with Gasteiger partial charge in [-0.05, 0) is 30.7 Å². The maximum absolute atomic E-state index is 12.5. The zero-order valence-corrected chi connectivity index (χ0v) is 13.4. The molecule has 8 heteroatoms. The third-order valence-corrected chi connectivity index (χ3v) is 4.75. The van der Waals surface area contributed by atoms with Gasteiger partial charge in [0, 0.05) is 5.56 Å². The Labute approximate surface area is 133 Å². The molecule has 0 bridgehead atoms. The number of aromatic amines is 1. The Kier molecular flexibility index (Phi) is 3.83. The molecule has 0 aliphatic heterocycles. The number of benzene rings is 2. The van der Waals surface area contributed by atoms with Crippen LogP contribution in [0.25, 0.3) is 16.1 Å². The largest absolute Gasteiger partial charge is 0.573 e. The summed E-state index contributed by atoms with van der Waals surface area (Å²) >= 11 is 0. The van der Waals surface area contributed by atoms with Crippen LogP contribution in [-0.4, -0.2) is 29.0 Å². The third-order valence-electron chi connectivity index (χ3n) is 3.28. The smallest absolute Gasteiger partial charge is 0.204 e. The highest BCUT2D eigenvalue weighted by molar-refractivity contribution is 7.94. The number of aryl methyl sites for hydroxylation is 2. The van der Waals surface area contributed by atoms with Crippen LogP contribution in [0.4, 0.5) is 5.69 Å². The van der Waals surface area contributed by atoms with E-state index in [1.807, 2.05) is 13.0 Å². The van der Waals surface area contributed by atoms with Crippen molar-refractivity contribution in [3.05, 3.63) is 58.3 Å². The number of sulfonamides is 1. The van der Waals surface area contributed by atoms with Crippen molar-refractivity contribution in [3.8, 4) is 11.4 Å². The molecule has 118 valence electrons. The lowest BCUT2D eigenvalue weighted by Gasteiger charge is -2.23. The van der Waals surface area contributed by atoms with Crippen molar-refractivity contribution in [2.45, 2.75) is 18.7 Å². The Morgan fingerprint density at radius 3 is 2.61 bits per heavy atom. The van der Waals surface area contributed by atoms with Gasteiger partial charge in [0.15, 0.2) is 0 Å². The molecule has 2 aromatic carbocycles. The van der Waals surface area contributed by atoms with E-state index >= 15 is 0 Å². The minimum absolute atomic E-state index is 0.202. The molecule has 0 saturated heterocycles. The molecule has 0 aliphatic rings. The van der Waals surface area contributed by atoms with Gasteiger partial charge in [-0.3, -0.25) is 0 Å². The van der Waals surface area contributed by atoms with E-state index in [1.54, 1.807) is 43.3 Å². The second-order valence-electron chi connectivity index (χ2n) is 5.12. The Balaban J connectivity index is 1.93. The van der Waals surface area contributed by atoms with E-state index < -0.39 is 10.0 Å². The van der Waals surface area contributed by atoms with E-state index in [9.17, 15) is 8.42 Å². The summed E-state index contributed by atoms with van der Waals surface area (Å²) in [4.78, 5) is 0.202. The summed E-state index contributed by atoms with van der Waals surface area (Å²) in [6.45, 7) is 3.67. The molecule has 0 radical (unpaired) electrons. The highest BCUT2D eigenvalue weighted by Crippen LogP contribution is 2.31. The summed E-state index contributed by atoms with van der Waals surface area (Å²) in [6.07, 6.45) is 0. The van der Waals surface area contributed by atoms with Crippen LogP contribution >= 0.6 is 0 Å². The number of nitrogens with one attached hydrogen (secondary N) is 1. The van der Waals surface area contributed by atoms with Gasteiger partial charge in [-0.2, -0.15) is 5.21 Å². The summed E-state index contributed by atoms with van der Waals surface area (Å²) < 4.78 is 28.9. The van der Waals surface area contributed by atoms with E-state index in [4.69, 9.17) is 0 Å². The molecule has 0 aliphatic carbocycles. The summed E-state index contributed by atoms with van der Waals surface area (Å²) in [5, 5.41) is 13.6. The first-order valence-corrected chi connectivity index (χ1v) is 8.29. The predicted octanol–water partition coefficient (Wildman–Crippen LogP) is 2.88. The van der Waals surface area contributed by atoms with E-state index in [1.165, 1.54) is 0 Å². The maximum Gasteiger partial charge on any atom is 0.204 e. The maximum atomic E-state index is 12.5. The summed E-state index contributed by atoms with van der Waals surface area (Å²) in [7, 11) is -3.79. The number of nitrogens with zero attached hydrogens (tertiary/aromatic N) is 4. The Bertz CT molecular complexity index is 936. The molecule has 1 aromatic heterocycles. The van der Waals surface area contributed by atoms with Gasteiger partial charge in [-0.25, -0.2) is 8.42 Å². The average molecular weight is 328 g/mol. The van der Waals surface area contributed by atoms with Crippen LogP contribution in [0.3, 0.4) is 0 Å². The van der Waals surface area contributed by atoms with Crippen molar-refractivity contribution >= 4 is 15.7 Å². The molecular weight excluding hydrogens is 314 g/mol. The Hall–Kier alpha value is -2.74. The fraction of sp³-hybridized carbons (Fsp3) is 0.133. The average Bonchev–Trinajstić information content (AvgIpc) is 3.00. The van der Waals surface area contributed by atoms with Gasteiger partial charge in [0.05, 0.1) is 4.90 Å². The first-order chi connectivity index (χ1) is 11.0. The lowest BCUT2D eigenvalue weighted by molar-refractivity contribution is 0.602. The zero-order valence-electron chi connectivity index (χ0n) is 12.6. The molecule has 0 amide bonds. The highest BCUT2D eigenvalue weighted by Gasteiger charge is 2.09. The monoisotopic (exact) mass is 328 g/mol.